The van der Waals surface area contributed by atoms with Crippen LogP contribution in [0.3, 0.4) is 0 Å². The van der Waals surface area contributed by atoms with Gasteiger partial charge in [0, 0.05) is 13.1 Å². The minimum absolute atomic E-state index is 0.0752. The van der Waals surface area contributed by atoms with E-state index in [1.54, 1.807) is 6.07 Å². The first-order chi connectivity index (χ1) is 13.5. The Balaban J connectivity index is 1.49. The average Bonchev–Trinajstić information content (AvgIpc) is 2.73. The second kappa shape index (κ2) is 9.28. The van der Waals surface area contributed by atoms with Crippen molar-refractivity contribution in [2.24, 2.45) is 5.92 Å². The number of ether oxygens (including phenoxy) is 1. The summed E-state index contributed by atoms with van der Waals surface area (Å²) in [5.41, 5.74) is 0.863. The number of amides is 1. The molecule has 0 unspecified atom stereocenters. The molecule has 7 nitrogen and oxygen atoms in total. The van der Waals surface area contributed by atoms with Crippen molar-refractivity contribution < 1.29 is 24.3 Å². The number of aromatic hydroxyl groups is 1. The van der Waals surface area contributed by atoms with Crippen molar-refractivity contribution in [1.82, 2.24) is 4.90 Å². The fourth-order valence-corrected chi connectivity index (χ4v) is 4.24. The number of anilines is 1. The number of piperidine rings is 1. The summed E-state index contributed by atoms with van der Waals surface area (Å²) in [5, 5.41) is 10.0. The van der Waals surface area contributed by atoms with E-state index in [2.05, 4.69) is 4.90 Å². The molecule has 0 aromatic heterocycles. The lowest BCUT2D eigenvalue weighted by Gasteiger charge is -2.38. The van der Waals surface area contributed by atoms with Crippen LogP contribution in [0.1, 0.15) is 26.7 Å². The molecule has 1 aromatic rings. The van der Waals surface area contributed by atoms with Gasteiger partial charge in [-0.05, 0) is 38.8 Å². The highest BCUT2D eigenvalue weighted by Gasteiger charge is 2.35. The highest BCUT2D eigenvalue weighted by atomic mass is 16.5. The number of esters is 1. The number of hydrogen-bond acceptors (Lipinski definition) is 5. The van der Waals surface area contributed by atoms with Gasteiger partial charge in [-0.3, -0.25) is 9.59 Å². The number of para-hydroxylation sites is 2. The summed E-state index contributed by atoms with van der Waals surface area (Å²) in [6.45, 7) is 8.84. The van der Waals surface area contributed by atoms with Crippen molar-refractivity contribution in [2.75, 3.05) is 50.8 Å². The lowest BCUT2D eigenvalue weighted by molar-refractivity contribution is -0.915. The van der Waals surface area contributed by atoms with Crippen molar-refractivity contribution in [3.63, 3.8) is 0 Å². The molecule has 28 heavy (non-hydrogen) atoms. The number of rotatable bonds is 5. The van der Waals surface area contributed by atoms with E-state index in [1.807, 2.05) is 36.9 Å². The van der Waals surface area contributed by atoms with Crippen molar-refractivity contribution in [1.29, 1.82) is 0 Å². The SMILES string of the molecule is CCOC(=O)C1CCN(C(=O)[C@H](C)[NH+]2CCN(c3ccccc3O)CC2)CC1. The Kier molecular flexibility index (Phi) is 6.78. The molecule has 0 aliphatic carbocycles. The van der Waals surface area contributed by atoms with Gasteiger partial charge in [0.25, 0.3) is 5.91 Å². The largest absolute Gasteiger partial charge is 0.506 e. The van der Waals surface area contributed by atoms with Crippen molar-refractivity contribution >= 4 is 17.6 Å². The number of piperazine rings is 1. The monoisotopic (exact) mass is 390 g/mol. The lowest BCUT2D eigenvalue weighted by atomic mass is 9.96. The lowest BCUT2D eigenvalue weighted by Crippen LogP contribution is -3.19. The quantitative estimate of drug-likeness (QED) is 0.707. The van der Waals surface area contributed by atoms with Crippen LogP contribution < -0.4 is 9.80 Å². The number of nitrogens with one attached hydrogen (secondary N) is 1. The molecule has 3 rings (SSSR count). The van der Waals surface area contributed by atoms with Gasteiger partial charge >= 0.3 is 5.97 Å². The zero-order valence-corrected chi connectivity index (χ0v) is 16.9. The molecule has 1 aromatic carbocycles. The summed E-state index contributed by atoms with van der Waals surface area (Å²) in [4.78, 5) is 30.2. The van der Waals surface area contributed by atoms with E-state index in [0.29, 0.717) is 38.3 Å². The molecule has 154 valence electrons. The number of carbonyl (C=O) groups excluding carboxylic acids is 2. The highest BCUT2D eigenvalue weighted by molar-refractivity contribution is 5.80. The summed E-state index contributed by atoms with van der Waals surface area (Å²) in [5.74, 6) is 0.273. The summed E-state index contributed by atoms with van der Waals surface area (Å²) in [6.07, 6.45) is 1.38. The minimum atomic E-state index is -0.131. The molecule has 2 fully saturated rings. The molecule has 7 heteroatoms. The molecule has 0 spiro atoms. The van der Waals surface area contributed by atoms with E-state index in [-0.39, 0.29) is 23.8 Å². The number of likely N-dealkylation sites (tertiary alicyclic amines) is 1. The highest BCUT2D eigenvalue weighted by Crippen LogP contribution is 2.26. The Labute approximate surface area is 166 Å². The average molecular weight is 391 g/mol. The normalized spacial score (nSPS) is 20.1. The van der Waals surface area contributed by atoms with Gasteiger partial charge in [-0.2, -0.15) is 0 Å². The third kappa shape index (κ3) is 4.58. The number of quaternary nitrogens is 1. The molecular weight excluding hydrogens is 358 g/mol. The number of benzene rings is 1. The van der Waals surface area contributed by atoms with Crippen molar-refractivity contribution in [2.45, 2.75) is 32.7 Å². The predicted octanol–water partition coefficient (Wildman–Crippen LogP) is 0.287. The molecule has 0 bridgehead atoms. The fourth-order valence-electron chi connectivity index (χ4n) is 4.24. The van der Waals surface area contributed by atoms with Gasteiger partial charge in [-0.1, -0.05) is 12.1 Å². The molecule has 1 amide bonds. The van der Waals surface area contributed by atoms with E-state index < -0.39 is 0 Å². The smallest absolute Gasteiger partial charge is 0.309 e. The number of hydrogen-bond donors (Lipinski definition) is 2. The molecule has 0 radical (unpaired) electrons. The Hall–Kier alpha value is -2.28. The second-order valence-corrected chi connectivity index (χ2v) is 7.71. The molecule has 1 atom stereocenters. The number of phenolic OH excluding ortho intramolecular Hbond substituents is 1. The third-order valence-corrected chi connectivity index (χ3v) is 6.04. The molecule has 2 saturated heterocycles. The zero-order chi connectivity index (χ0) is 20.1. The van der Waals surface area contributed by atoms with Crippen LogP contribution in [0, 0.1) is 5.92 Å². The van der Waals surface area contributed by atoms with Gasteiger partial charge in [0.2, 0.25) is 0 Å². The van der Waals surface area contributed by atoms with E-state index in [1.165, 1.54) is 4.90 Å². The molecule has 2 aliphatic heterocycles. The Morgan fingerprint density at radius 1 is 1.18 bits per heavy atom. The Morgan fingerprint density at radius 2 is 1.82 bits per heavy atom. The Morgan fingerprint density at radius 3 is 2.43 bits per heavy atom. The van der Waals surface area contributed by atoms with Crippen LogP contribution in [0.2, 0.25) is 0 Å². The molecule has 2 N–H and O–H groups in total. The fraction of sp³-hybridized carbons (Fsp3) is 0.619. The van der Waals surface area contributed by atoms with Crippen LogP contribution in [-0.2, 0) is 14.3 Å². The first-order valence-corrected chi connectivity index (χ1v) is 10.3. The van der Waals surface area contributed by atoms with Gasteiger partial charge in [0.1, 0.15) is 5.75 Å². The van der Waals surface area contributed by atoms with Crippen LogP contribution in [-0.4, -0.2) is 73.8 Å². The van der Waals surface area contributed by atoms with Gasteiger partial charge in [0.05, 0.1) is 44.4 Å². The first-order valence-electron chi connectivity index (χ1n) is 10.3. The van der Waals surface area contributed by atoms with Crippen LogP contribution in [0.25, 0.3) is 0 Å². The van der Waals surface area contributed by atoms with Gasteiger partial charge in [-0.15, -0.1) is 0 Å². The van der Waals surface area contributed by atoms with Crippen LogP contribution in [0.5, 0.6) is 5.75 Å². The molecular formula is C21H32N3O4+. The summed E-state index contributed by atoms with van der Waals surface area (Å²) >= 11 is 0. The number of carbonyl (C=O) groups is 2. The summed E-state index contributed by atoms with van der Waals surface area (Å²) < 4.78 is 5.11. The van der Waals surface area contributed by atoms with Crippen LogP contribution >= 0.6 is 0 Å². The van der Waals surface area contributed by atoms with E-state index >= 15 is 0 Å². The minimum Gasteiger partial charge on any atom is -0.506 e. The first kappa shape index (κ1) is 20.5. The second-order valence-electron chi connectivity index (χ2n) is 7.71. The van der Waals surface area contributed by atoms with Crippen molar-refractivity contribution in [3.8, 4) is 5.75 Å². The maximum atomic E-state index is 12.9. The van der Waals surface area contributed by atoms with E-state index in [9.17, 15) is 14.7 Å². The standard InChI is InChI=1S/C21H31N3O4/c1-3-28-21(27)17-8-10-24(11-9-17)20(26)16(2)22-12-14-23(15-13-22)18-6-4-5-7-19(18)25/h4-7,16-17,25H,3,8-15H2,1-2H3/p+1/t16-/m0/s1. The van der Waals surface area contributed by atoms with Crippen molar-refractivity contribution in [3.05, 3.63) is 24.3 Å². The topological polar surface area (TPSA) is 74.5 Å². The van der Waals surface area contributed by atoms with Gasteiger partial charge in [-0.25, -0.2) is 0 Å². The van der Waals surface area contributed by atoms with Crippen LogP contribution in [0.15, 0.2) is 24.3 Å². The summed E-state index contributed by atoms with van der Waals surface area (Å²) in [6, 6.07) is 7.31. The van der Waals surface area contributed by atoms with Gasteiger partial charge < -0.3 is 24.5 Å². The maximum Gasteiger partial charge on any atom is 0.309 e. The molecule has 0 saturated carbocycles. The third-order valence-electron chi connectivity index (χ3n) is 6.04. The zero-order valence-electron chi connectivity index (χ0n) is 16.9. The molecule has 2 aliphatic rings. The predicted molar refractivity (Wildman–Crippen MR) is 106 cm³/mol. The number of nitrogens with zero attached hydrogens (tertiary/aromatic N) is 2. The van der Waals surface area contributed by atoms with E-state index in [4.69, 9.17) is 4.74 Å². The van der Waals surface area contributed by atoms with Gasteiger partial charge in [0.15, 0.2) is 6.04 Å². The van der Waals surface area contributed by atoms with E-state index in [0.717, 1.165) is 31.9 Å². The summed E-state index contributed by atoms with van der Waals surface area (Å²) in [7, 11) is 0. The maximum absolute atomic E-state index is 12.9. The Bertz CT molecular complexity index is 680. The van der Waals surface area contributed by atoms with Crippen LogP contribution in [0.4, 0.5) is 5.69 Å². The molecule has 2 heterocycles. The number of phenols is 1.